The maximum Gasteiger partial charge on any atom is 0.264 e. The summed E-state index contributed by atoms with van der Waals surface area (Å²) in [6.07, 6.45) is 2.43. The lowest BCUT2D eigenvalue weighted by atomic mass is 10.2. The van der Waals surface area contributed by atoms with Crippen LogP contribution in [0.25, 0.3) is 0 Å². The predicted octanol–water partition coefficient (Wildman–Crippen LogP) is 2.35. The van der Waals surface area contributed by atoms with Gasteiger partial charge in [0.25, 0.3) is 15.9 Å². The highest BCUT2D eigenvalue weighted by Gasteiger charge is 2.24. The van der Waals surface area contributed by atoms with Crippen molar-refractivity contribution in [3.05, 3.63) is 54.1 Å². The highest BCUT2D eigenvalue weighted by Crippen LogP contribution is 2.30. The molecule has 7 nitrogen and oxygen atoms in total. The maximum atomic E-state index is 13.0. The Kier molecular flexibility index (Phi) is 6.76. The van der Waals surface area contributed by atoms with E-state index in [-0.39, 0.29) is 10.8 Å². The van der Waals surface area contributed by atoms with E-state index >= 15 is 0 Å². The summed E-state index contributed by atoms with van der Waals surface area (Å²) in [5.74, 6) is 0.263. The molecule has 0 aromatic heterocycles. The van der Waals surface area contributed by atoms with Crippen LogP contribution < -0.4 is 14.4 Å². The van der Waals surface area contributed by atoms with E-state index in [1.165, 1.54) is 55.6 Å². The molecule has 3 rings (SSSR count). The number of amides is 1. The largest absolute Gasteiger partial charge is 0.495 e. The number of nitrogens with one attached hydrogen (secondary N) is 1. The Labute approximate surface area is 172 Å². The summed E-state index contributed by atoms with van der Waals surface area (Å²) in [6.45, 7) is 3.58. The average molecular weight is 418 g/mol. The van der Waals surface area contributed by atoms with Gasteiger partial charge < -0.3 is 15.0 Å². The minimum atomic E-state index is -3.78. The van der Waals surface area contributed by atoms with Crippen molar-refractivity contribution in [1.82, 2.24) is 10.2 Å². The number of ether oxygens (including phenoxy) is 1. The summed E-state index contributed by atoms with van der Waals surface area (Å²) in [5, 5.41) is 2.89. The third-order valence-electron chi connectivity index (χ3n) is 5.11. The Bertz CT molecular complexity index is 939. The van der Waals surface area contributed by atoms with Crippen LogP contribution in [0.5, 0.6) is 5.75 Å². The Hall–Kier alpha value is -2.58. The van der Waals surface area contributed by atoms with Crippen molar-refractivity contribution in [2.24, 2.45) is 0 Å². The number of methoxy groups -OCH3 is 1. The monoisotopic (exact) mass is 417 g/mol. The van der Waals surface area contributed by atoms with Crippen LogP contribution in [0.3, 0.4) is 0 Å². The fraction of sp³-hybridized carbons (Fsp3) is 0.381. The second-order valence-electron chi connectivity index (χ2n) is 6.97. The summed E-state index contributed by atoms with van der Waals surface area (Å²) < 4.78 is 32.4. The lowest BCUT2D eigenvalue weighted by Crippen LogP contribution is -2.33. The summed E-state index contributed by atoms with van der Waals surface area (Å²) in [4.78, 5) is 14.7. The minimum absolute atomic E-state index is 0.111. The standard InChI is InChI=1S/C21H27N3O4S/c1-23(19-7-3-4-8-20(19)28-2)29(26,27)18-11-9-17(10-12-18)21(25)22-13-16-24-14-5-6-15-24/h3-4,7-12H,5-6,13-16H2,1-2H3,(H,22,25). The van der Waals surface area contributed by atoms with Gasteiger partial charge in [0, 0.05) is 25.7 Å². The number of rotatable bonds is 8. The Balaban J connectivity index is 1.67. The second-order valence-corrected chi connectivity index (χ2v) is 8.94. The van der Waals surface area contributed by atoms with Crippen molar-refractivity contribution >= 4 is 21.6 Å². The molecule has 1 aliphatic heterocycles. The van der Waals surface area contributed by atoms with Crippen LogP contribution in [-0.4, -0.2) is 59.6 Å². The molecule has 0 bridgehead atoms. The van der Waals surface area contributed by atoms with Crippen LogP contribution in [0.1, 0.15) is 23.2 Å². The van der Waals surface area contributed by atoms with Gasteiger partial charge in [0.15, 0.2) is 0 Å². The van der Waals surface area contributed by atoms with E-state index in [0.717, 1.165) is 19.6 Å². The average Bonchev–Trinajstić information content (AvgIpc) is 3.26. The number of carbonyl (C=O) groups is 1. The third-order valence-corrected chi connectivity index (χ3v) is 6.90. The first-order valence-corrected chi connectivity index (χ1v) is 11.1. The number of hydrogen-bond acceptors (Lipinski definition) is 5. The number of sulfonamides is 1. The fourth-order valence-corrected chi connectivity index (χ4v) is 4.60. The van der Waals surface area contributed by atoms with Gasteiger partial charge in [-0.3, -0.25) is 9.10 Å². The zero-order valence-corrected chi connectivity index (χ0v) is 17.6. The van der Waals surface area contributed by atoms with Gasteiger partial charge in [-0.25, -0.2) is 8.42 Å². The Morgan fingerprint density at radius 1 is 1.10 bits per heavy atom. The van der Waals surface area contributed by atoms with E-state index < -0.39 is 10.0 Å². The van der Waals surface area contributed by atoms with Crippen molar-refractivity contribution < 1.29 is 17.9 Å². The Morgan fingerprint density at radius 2 is 1.76 bits per heavy atom. The normalized spacial score (nSPS) is 14.6. The van der Waals surface area contributed by atoms with Crippen LogP contribution in [-0.2, 0) is 10.0 Å². The Morgan fingerprint density at radius 3 is 2.41 bits per heavy atom. The number of nitrogens with zero attached hydrogens (tertiary/aromatic N) is 2. The SMILES string of the molecule is COc1ccccc1N(C)S(=O)(=O)c1ccc(C(=O)NCCN2CCCC2)cc1. The molecule has 0 unspecified atom stereocenters. The van der Waals surface area contributed by atoms with Crippen LogP contribution >= 0.6 is 0 Å². The molecule has 1 N–H and O–H groups in total. The van der Waals surface area contributed by atoms with Gasteiger partial charge in [0.2, 0.25) is 0 Å². The van der Waals surface area contributed by atoms with Crippen molar-refractivity contribution in [2.75, 3.05) is 44.6 Å². The number of para-hydroxylation sites is 2. The molecule has 156 valence electrons. The van der Waals surface area contributed by atoms with Crippen molar-refractivity contribution in [1.29, 1.82) is 0 Å². The molecule has 29 heavy (non-hydrogen) atoms. The highest BCUT2D eigenvalue weighted by molar-refractivity contribution is 7.92. The maximum absolute atomic E-state index is 13.0. The molecular formula is C21H27N3O4S. The summed E-state index contributed by atoms with van der Waals surface area (Å²) in [5.41, 5.74) is 0.879. The molecule has 2 aromatic rings. The summed E-state index contributed by atoms with van der Waals surface area (Å²) in [7, 11) is -0.805. The molecule has 1 heterocycles. The molecule has 1 saturated heterocycles. The number of carbonyl (C=O) groups excluding carboxylic acids is 1. The van der Waals surface area contributed by atoms with Gasteiger partial charge in [-0.05, 0) is 62.3 Å². The van der Waals surface area contributed by atoms with Crippen molar-refractivity contribution in [3.8, 4) is 5.75 Å². The van der Waals surface area contributed by atoms with E-state index in [0.29, 0.717) is 23.5 Å². The van der Waals surface area contributed by atoms with Gasteiger partial charge in [0.1, 0.15) is 5.75 Å². The lowest BCUT2D eigenvalue weighted by Gasteiger charge is -2.21. The molecule has 1 fully saturated rings. The van der Waals surface area contributed by atoms with Gasteiger partial charge in [0.05, 0.1) is 17.7 Å². The van der Waals surface area contributed by atoms with Crippen molar-refractivity contribution in [3.63, 3.8) is 0 Å². The lowest BCUT2D eigenvalue weighted by molar-refractivity contribution is 0.0949. The molecule has 0 aliphatic carbocycles. The van der Waals surface area contributed by atoms with Gasteiger partial charge in [-0.1, -0.05) is 12.1 Å². The van der Waals surface area contributed by atoms with E-state index in [1.807, 2.05) is 0 Å². The number of benzene rings is 2. The summed E-state index contributed by atoms with van der Waals surface area (Å²) >= 11 is 0. The molecule has 1 amide bonds. The topological polar surface area (TPSA) is 78.9 Å². The molecule has 8 heteroatoms. The quantitative estimate of drug-likeness (QED) is 0.713. The van der Waals surface area contributed by atoms with Gasteiger partial charge >= 0.3 is 0 Å². The van der Waals surface area contributed by atoms with E-state index in [4.69, 9.17) is 4.74 Å². The summed E-state index contributed by atoms with van der Waals surface area (Å²) in [6, 6.07) is 12.9. The minimum Gasteiger partial charge on any atom is -0.495 e. The molecule has 1 aliphatic rings. The van der Waals surface area contributed by atoms with Gasteiger partial charge in [-0.2, -0.15) is 0 Å². The smallest absolute Gasteiger partial charge is 0.264 e. The first kappa shape index (κ1) is 21.1. The third kappa shape index (κ3) is 4.89. The number of hydrogen-bond donors (Lipinski definition) is 1. The van der Waals surface area contributed by atoms with Crippen LogP contribution in [0.15, 0.2) is 53.4 Å². The molecular weight excluding hydrogens is 390 g/mol. The first-order valence-electron chi connectivity index (χ1n) is 9.66. The highest BCUT2D eigenvalue weighted by atomic mass is 32.2. The molecule has 2 aromatic carbocycles. The predicted molar refractivity (Wildman–Crippen MR) is 113 cm³/mol. The second kappa shape index (κ2) is 9.28. The zero-order valence-electron chi connectivity index (χ0n) is 16.8. The number of likely N-dealkylation sites (tertiary alicyclic amines) is 1. The van der Waals surface area contributed by atoms with E-state index in [2.05, 4.69) is 10.2 Å². The molecule has 0 atom stereocenters. The molecule has 0 spiro atoms. The zero-order chi connectivity index (χ0) is 20.9. The number of anilines is 1. The van der Waals surface area contributed by atoms with Crippen LogP contribution in [0.2, 0.25) is 0 Å². The van der Waals surface area contributed by atoms with Crippen LogP contribution in [0, 0.1) is 0 Å². The van der Waals surface area contributed by atoms with Crippen LogP contribution in [0.4, 0.5) is 5.69 Å². The molecule has 0 saturated carbocycles. The van der Waals surface area contributed by atoms with E-state index in [9.17, 15) is 13.2 Å². The molecule has 0 radical (unpaired) electrons. The first-order chi connectivity index (χ1) is 13.9. The van der Waals surface area contributed by atoms with E-state index in [1.54, 1.807) is 24.3 Å². The van der Waals surface area contributed by atoms with Gasteiger partial charge in [-0.15, -0.1) is 0 Å². The fourth-order valence-electron chi connectivity index (χ4n) is 3.39. The van der Waals surface area contributed by atoms with Crippen molar-refractivity contribution in [2.45, 2.75) is 17.7 Å².